The van der Waals surface area contributed by atoms with Crippen LogP contribution in [0.1, 0.15) is 362 Å². The first-order valence-electron chi connectivity index (χ1n) is 45.1. The first kappa shape index (κ1) is 105. The van der Waals surface area contributed by atoms with Gasteiger partial charge in [0.1, 0.15) is 92.6 Å². The molecule has 0 bridgehead atoms. The summed E-state index contributed by atoms with van der Waals surface area (Å²) in [6.45, 7) is 7.83. The molecule has 0 aromatic rings. The van der Waals surface area contributed by atoms with Gasteiger partial charge in [0.05, 0.1) is 13.2 Å². The van der Waals surface area contributed by atoms with Crippen LogP contribution in [0.3, 0.4) is 0 Å². The van der Waals surface area contributed by atoms with E-state index in [2.05, 4.69) is 71.1 Å². The monoisotopic (exact) mass is 1650 g/mol. The number of carbonyl (C=O) groups excluding carboxylic acids is 4. The largest absolute Gasteiger partial charge is 0.472 e. The second-order valence-electron chi connectivity index (χ2n) is 32.4. The van der Waals surface area contributed by atoms with Gasteiger partial charge in [-0.1, -0.05) is 270 Å². The fourth-order valence-electron chi connectivity index (χ4n) is 14.7. The van der Waals surface area contributed by atoms with Gasteiger partial charge >= 0.3 is 31.7 Å². The number of ether oxygens (including phenoxy) is 8. The summed E-state index contributed by atoms with van der Waals surface area (Å²) in [5.74, 6) is -2.34. The minimum absolute atomic E-state index is 0.00951. The number of hydrogen-bond donors (Lipinski definition) is 10. The van der Waals surface area contributed by atoms with Crippen LogP contribution in [-0.4, -0.2) is 205 Å². The van der Waals surface area contributed by atoms with Gasteiger partial charge in [-0.15, -0.1) is 0 Å². The molecule has 114 heavy (non-hydrogen) atoms. The van der Waals surface area contributed by atoms with E-state index >= 15 is 0 Å². The maximum Gasteiger partial charge on any atom is 0.472 e. The summed E-state index contributed by atoms with van der Waals surface area (Å²) in [6.07, 6.45) is 24.7. The Labute approximate surface area is 685 Å². The zero-order valence-electron chi connectivity index (χ0n) is 70.8. The van der Waals surface area contributed by atoms with Gasteiger partial charge in [0.25, 0.3) is 0 Å². The summed E-state index contributed by atoms with van der Waals surface area (Å²) in [7, 11) is -5.81. The summed E-state index contributed by atoms with van der Waals surface area (Å²) in [5, 5.41) is 102. The van der Waals surface area contributed by atoms with E-state index < -0.39 is 162 Å². The van der Waals surface area contributed by atoms with E-state index in [1.807, 2.05) is 0 Å². The van der Waals surface area contributed by atoms with Crippen LogP contribution in [0, 0.1) is 5.92 Å². The fraction of sp³-hybridized carbons (Fsp3) is 0.886. The van der Waals surface area contributed by atoms with Gasteiger partial charge < -0.3 is 88.7 Å². The molecule has 26 heteroatoms. The lowest BCUT2D eigenvalue weighted by molar-refractivity contribution is -0.360. The van der Waals surface area contributed by atoms with Gasteiger partial charge in [0.15, 0.2) is 24.8 Å². The molecule has 2 saturated heterocycles. The van der Waals surface area contributed by atoms with Crippen molar-refractivity contribution >= 4 is 31.7 Å². The summed E-state index contributed by atoms with van der Waals surface area (Å²) in [4.78, 5) is 66.3. The zero-order chi connectivity index (χ0) is 83.4. The second kappa shape index (κ2) is 66.4. The van der Waals surface area contributed by atoms with Crippen molar-refractivity contribution in [1.82, 2.24) is 0 Å². The van der Waals surface area contributed by atoms with E-state index in [1.165, 1.54) is 141 Å². The number of carbonyl (C=O) groups is 4. The minimum Gasteiger partial charge on any atom is -0.463 e. The molecule has 0 radical (unpaired) electrons. The molecule has 3 aliphatic rings. The minimum atomic E-state index is -5.81. The Hall–Kier alpha value is -3.31. The molecule has 19 atom stereocenters. The molecular formula is C88H159O25P. The number of esters is 4. The number of allylic oxidation sites excluding steroid dienone is 6. The van der Waals surface area contributed by atoms with Crippen molar-refractivity contribution < 1.29 is 122 Å². The summed E-state index contributed by atoms with van der Waals surface area (Å²) in [5.41, 5.74) is 0. The Kier molecular flexibility index (Phi) is 61.1. The molecule has 19 unspecified atom stereocenters. The van der Waals surface area contributed by atoms with Crippen LogP contribution < -0.4 is 0 Å². The lowest BCUT2D eigenvalue weighted by Gasteiger charge is -2.50. The molecule has 0 spiro atoms. The number of hydrogen-bond acceptors (Lipinski definition) is 24. The Balaban J connectivity index is 1.95. The van der Waals surface area contributed by atoms with Crippen molar-refractivity contribution in [3.05, 3.63) is 36.5 Å². The molecule has 666 valence electrons. The van der Waals surface area contributed by atoms with Crippen molar-refractivity contribution in [3.63, 3.8) is 0 Å². The molecule has 1 aliphatic carbocycles. The molecule has 0 aromatic heterocycles. The van der Waals surface area contributed by atoms with Crippen molar-refractivity contribution in [2.45, 2.75) is 466 Å². The van der Waals surface area contributed by atoms with Gasteiger partial charge in [-0.05, 0) is 109 Å². The fourth-order valence-corrected chi connectivity index (χ4v) is 15.6. The lowest BCUT2D eigenvalue weighted by atomic mass is 9.84. The molecule has 10 N–H and O–H groups in total. The summed E-state index contributed by atoms with van der Waals surface area (Å²) >= 11 is 0. The Morgan fingerprint density at radius 2 is 0.711 bits per heavy atom. The second-order valence-corrected chi connectivity index (χ2v) is 33.8. The van der Waals surface area contributed by atoms with Crippen molar-refractivity contribution in [1.29, 1.82) is 0 Å². The number of rotatable bonds is 71. The average molecular weight is 1650 g/mol. The third-order valence-corrected chi connectivity index (χ3v) is 23.0. The van der Waals surface area contributed by atoms with Crippen LogP contribution in [0.5, 0.6) is 0 Å². The first-order valence-corrected chi connectivity index (χ1v) is 46.6. The highest BCUT2D eigenvalue weighted by molar-refractivity contribution is 7.47. The van der Waals surface area contributed by atoms with Crippen LogP contribution in [0.2, 0.25) is 0 Å². The Morgan fingerprint density at radius 1 is 0.368 bits per heavy atom. The standard InChI is InChI=1S/C88H159O25P/c1-6-10-14-18-22-25-28-31-34-37-40-47-54-60-72(91)105-66-70-76(95)78(97)82(101)88(109-70)112-85-83(110-74(93)62-56-50-42-39-36-33-30-27-24-20-16-12-8-3)79(98)80(99)84(111-87-81(100)77(96)75(94)69(63-89)108-87)86(85)113-114(102,103)106-65-68(107-73(92)61-55-49-41-38-35-32-29-26-23-19-15-11-7-2)64-104-71(90)59-53-48-44-43-46-52-58-67(5)57-51-45-21-17-13-9-4/h31-36,67-70,75-89,94-101H,6-30,37-66H2,1-5H3,(H,102,103)/b34-31-,35-32-,36-33-. The molecule has 1 saturated carbocycles. The molecule has 3 fully saturated rings. The van der Waals surface area contributed by atoms with Crippen molar-refractivity contribution in [2.75, 3.05) is 26.4 Å². The highest BCUT2D eigenvalue weighted by atomic mass is 31.2. The Morgan fingerprint density at radius 3 is 1.14 bits per heavy atom. The number of phosphoric acid groups is 1. The lowest BCUT2D eigenvalue weighted by Crippen LogP contribution is -2.70. The smallest absolute Gasteiger partial charge is 0.463 e. The number of aliphatic hydroxyl groups is 9. The van der Waals surface area contributed by atoms with Crippen LogP contribution in [0.15, 0.2) is 36.5 Å². The van der Waals surface area contributed by atoms with E-state index in [9.17, 15) is 74.6 Å². The summed E-state index contributed by atoms with van der Waals surface area (Å²) in [6, 6.07) is 0. The van der Waals surface area contributed by atoms with E-state index in [4.69, 9.17) is 46.9 Å². The van der Waals surface area contributed by atoms with Crippen LogP contribution in [0.25, 0.3) is 0 Å². The van der Waals surface area contributed by atoms with Gasteiger partial charge in [0, 0.05) is 25.7 Å². The normalized spacial score (nSPS) is 25.8. The van der Waals surface area contributed by atoms with Crippen molar-refractivity contribution in [2.24, 2.45) is 5.92 Å². The molecule has 2 aliphatic heterocycles. The van der Waals surface area contributed by atoms with Gasteiger partial charge in [-0.2, -0.15) is 0 Å². The quantitative estimate of drug-likeness (QED) is 0.00889. The number of phosphoric ester groups is 1. The van der Waals surface area contributed by atoms with Crippen LogP contribution >= 0.6 is 7.82 Å². The van der Waals surface area contributed by atoms with E-state index in [-0.39, 0.29) is 32.1 Å². The highest BCUT2D eigenvalue weighted by Gasteiger charge is 2.60. The molecule has 25 nitrogen and oxygen atoms in total. The maximum absolute atomic E-state index is 14.9. The SMILES string of the molecule is CCCCCCCC/C=C\CCCCCC(=O)OCC1OC(OC2C(OC(=O)CCCCC/C=C\CCCCCCCC)C(O)C(O)C(OC3OC(CO)C(O)C(O)C3O)C2OP(=O)(O)OCC(COC(=O)CCCCCCCCC(C)CCCCCCCC)OC(=O)CCCCC/C=C\CCCCCCCC)C(O)C(O)C1O. The van der Waals surface area contributed by atoms with E-state index in [0.29, 0.717) is 50.9 Å². The number of aliphatic hydroxyl groups excluding tert-OH is 9. The van der Waals surface area contributed by atoms with Gasteiger partial charge in [-0.3, -0.25) is 28.2 Å². The van der Waals surface area contributed by atoms with Gasteiger partial charge in [-0.25, -0.2) is 4.57 Å². The highest BCUT2D eigenvalue weighted by Crippen LogP contribution is 2.49. The van der Waals surface area contributed by atoms with E-state index in [1.54, 1.807) is 0 Å². The van der Waals surface area contributed by atoms with E-state index in [0.717, 1.165) is 109 Å². The molecular weight excluding hydrogens is 1490 g/mol. The van der Waals surface area contributed by atoms with Crippen molar-refractivity contribution in [3.8, 4) is 0 Å². The van der Waals surface area contributed by atoms with Crippen LogP contribution in [0.4, 0.5) is 0 Å². The molecule has 3 rings (SSSR count). The number of unbranched alkanes of at least 4 members (excludes halogenated alkanes) is 37. The maximum atomic E-state index is 14.9. The molecule has 0 aromatic carbocycles. The molecule has 2 heterocycles. The predicted octanol–water partition coefficient (Wildman–Crippen LogP) is 15.8. The average Bonchev–Trinajstić information content (AvgIpc) is 0.755. The van der Waals surface area contributed by atoms with Crippen LogP contribution in [-0.2, 0) is 70.7 Å². The Bertz CT molecular complexity index is 2540. The predicted molar refractivity (Wildman–Crippen MR) is 439 cm³/mol. The zero-order valence-corrected chi connectivity index (χ0v) is 71.7. The summed E-state index contributed by atoms with van der Waals surface area (Å²) < 4.78 is 73.2. The van der Waals surface area contributed by atoms with Gasteiger partial charge in [0.2, 0.25) is 0 Å². The first-order chi connectivity index (χ1) is 55.1. The third kappa shape index (κ3) is 47.0. The molecule has 0 amide bonds. The topological polar surface area (TPSA) is 380 Å². The third-order valence-electron chi connectivity index (χ3n) is 22.0.